The van der Waals surface area contributed by atoms with E-state index in [2.05, 4.69) is 0 Å². The van der Waals surface area contributed by atoms with E-state index in [4.69, 9.17) is 10.5 Å². The second-order valence-corrected chi connectivity index (χ2v) is 2.50. The van der Waals surface area contributed by atoms with Crippen LogP contribution >= 0.6 is 0 Å². The van der Waals surface area contributed by atoms with E-state index in [0.717, 1.165) is 5.69 Å². The molecule has 0 N–H and O–H groups in total. The molecule has 3 nitrogen and oxygen atoms in total. The highest BCUT2D eigenvalue weighted by molar-refractivity contribution is 5.49. The maximum atomic E-state index is 8.77. The summed E-state index contributed by atoms with van der Waals surface area (Å²) in [6.07, 6.45) is 2.40. The molecule has 0 saturated carbocycles. The van der Waals surface area contributed by atoms with Crippen molar-refractivity contribution in [2.75, 3.05) is 11.4 Å². The third-order valence-corrected chi connectivity index (χ3v) is 1.64. The van der Waals surface area contributed by atoms with Crippen molar-refractivity contribution < 1.29 is 0 Å². The third-order valence-electron chi connectivity index (χ3n) is 1.64. The summed E-state index contributed by atoms with van der Waals surface area (Å²) < 4.78 is 0. The summed E-state index contributed by atoms with van der Waals surface area (Å²) in [7, 11) is 0. The minimum Gasteiger partial charge on any atom is -0.278 e. The highest BCUT2D eigenvalue weighted by Gasteiger charge is 2.02. The van der Waals surface area contributed by atoms with Crippen molar-refractivity contribution in [3.05, 3.63) is 30.3 Å². The lowest BCUT2D eigenvalue weighted by Gasteiger charge is -2.12. The van der Waals surface area contributed by atoms with Crippen LogP contribution in [0.15, 0.2) is 30.3 Å². The van der Waals surface area contributed by atoms with E-state index in [1.807, 2.05) is 42.6 Å². The SMILES string of the molecule is N#CCCN(C#N)c1ccccc1. The van der Waals surface area contributed by atoms with E-state index < -0.39 is 0 Å². The lowest BCUT2D eigenvalue weighted by Crippen LogP contribution is -2.16. The van der Waals surface area contributed by atoms with Crippen LogP contribution in [0.5, 0.6) is 0 Å². The molecule has 0 spiro atoms. The molecule has 0 amide bonds. The predicted molar refractivity (Wildman–Crippen MR) is 49.6 cm³/mol. The monoisotopic (exact) mass is 171 g/mol. The lowest BCUT2D eigenvalue weighted by atomic mass is 10.3. The average Bonchev–Trinajstić information content (AvgIpc) is 2.21. The van der Waals surface area contributed by atoms with Crippen molar-refractivity contribution in [1.29, 1.82) is 10.5 Å². The summed E-state index contributed by atoms with van der Waals surface area (Å²) in [5, 5.41) is 17.1. The van der Waals surface area contributed by atoms with Crippen LogP contribution in [-0.4, -0.2) is 6.54 Å². The van der Waals surface area contributed by atoms with Crippen LogP contribution in [-0.2, 0) is 0 Å². The van der Waals surface area contributed by atoms with Crippen molar-refractivity contribution >= 4 is 5.69 Å². The normalized spacial score (nSPS) is 8.46. The van der Waals surface area contributed by atoms with Crippen molar-refractivity contribution in [3.8, 4) is 12.3 Å². The Kier molecular flexibility index (Phi) is 3.35. The predicted octanol–water partition coefficient (Wildman–Crippen LogP) is 1.89. The molecule has 0 aliphatic carbocycles. The highest BCUT2D eigenvalue weighted by Crippen LogP contribution is 2.11. The van der Waals surface area contributed by atoms with Gasteiger partial charge in [-0.3, -0.25) is 4.90 Å². The van der Waals surface area contributed by atoms with Crippen LogP contribution in [0.2, 0.25) is 0 Å². The Hall–Kier alpha value is -2.00. The number of rotatable bonds is 3. The zero-order chi connectivity index (χ0) is 9.52. The van der Waals surface area contributed by atoms with Gasteiger partial charge >= 0.3 is 0 Å². The topological polar surface area (TPSA) is 50.8 Å². The standard InChI is InChI=1S/C10H9N3/c11-7-4-8-13(9-12)10-5-2-1-3-6-10/h1-3,5-6H,4,8H2. The molecule has 0 aliphatic rings. The first-order chi connectivity index (χ1) is 6.38. The summed E-state index contributed by atoms with van der Waals surface area (Å²) in [5.41, 5.74) is 0.834. The average molecular weight is 171 g/mol. The van der Waals surface area contributed by atoms with Gasteiger partial charge in [0.05, 0.1) is 18.2 Å². The zero-order valence-electron chi connectivity index (χ0n) is 7.14. The van der Waals surface area contributed by atoms with E-state index in [1.165, 1.54) is 4.90 Å². The third kappa shape index (κ3) is 2.50. The molecule has 1 aromatic carbocycles. The number of benzene rings is 1. The Morgan fingerprint density at radius 2 is 1.85 bits per heavy atom. The van der Waals surface area contributed by atoms with Crippen LogP contribution in [0.25, 0.3) is 0 Å². The number of anilines is 1. The molecule has 1 rings (SSSR count). The van der Waals surface area contributed by atoms with Gasteiger partial charge in [0.25, 0.3) is 0 Å². The van der Waals surface area contributed by atoms with Crippen molar-refractivity contribution in [3.63, 3.8) is 0 Å². The van der Waals surface area contributed by atoms with Gasteiger partial charge in [-0.1, -0.05) is 18.2 Å². The van der Waals surface area contributed by atoms with Crippen LogP contribution < -0.4 is 4.90 Å². The Bertz CT molecular complexity index is 331. The summed E-state index contributed by atoms with van der Waals surface area (Å²) in [5.74, 6) is 0. The van der Waals surface area contributed by atoms with Gasteiger partial charge in [-0.05, 0) is 12.1 Å². The summed E-state index contributed by atoms with van der Waals surface area (Å²) in [4.78, 5) is 1.50. The maximum absolute atomic E-state index is 8.77. The van der Waals surface area contributed by atoms with Gasteiger partial charge in [-0.15, -0.1) is 0 Å². The van der Waals surface area contributed by atoms with Crippen LogP contribution in [0.3, 0.4) is 0 Å². The van der Waals surface area contributed by atoms with E-state index in [9.17, 15) is 0 Å². The largest absolute Gasteiger partial charge is 0.278 e. The fourth-order valence-electron chi connectivity index (χ4n) is 1.01. The molecule has 0 heterocycles. The Morgan fingerprint density at radius 1 is 1.15 bits per heavy atom. The molecular weight excluding hydrogens is 162 g/mol. The molecule has 0 saturated heterocycles. The van der Waals surface area contributed by atoms with Crippen molar-refractivity contribution in [2.24, 2.45) is 0 Å². The molecule has 3 heteroatoms. The molecule has 13 heavy (non-hydrogen) atoms. The first-order valence-electron chi connectivity index (χ1n) is 3.97. The fraction of sp³-hybridized carbons (Fsp3) is 0.200. The minimum atomic E-state index is 0.364. The number of hydrogen-bond acceptors (Lipinski definition) is 3. The smallest absolute Gasteiger partial charge is 0.184 e. The van der Waals surface area contributed by atoms with Crippen molar-refractivity contribution in [1.82, 2.24) is 0 Å². The lowest BCUT2D eigenvalue weighted by molar-refractivity contribution is 0.950. The molecule has 0 atom stereocenters. The second kappa shape index (κ2) is 4.79. The number of para-hydroxylation sites is 1. The van der Waals surface area contributed by atoms with E-state index >= 15 is 0 Å². The maximum Gasteiger partial charge on any atom is 0.184 e. The molecule has 0 unspecified atom stereocenters. The Balaban J connectivity index is 2.70. The Labute approximate surface area is 77.4 Å². The fourth-order valence-corrected chi connectivity index (χ4v) is 1.01. The van der Waals surface area contributed by atoms with Crippen LogP contribution in [0.1, 0.15) is 6.42 Å². The van der Waals surface area contributed by atoms with Crippen molar-refractivity contribution in [2.45, 2.75) is 6.42 Å². The van der Waals surface area contributed by atoms with Gasteiger partial charge in [0, 0.05) is 6.54 Å². The quantitative estimate of drug-likeness (QED) is 0.515. The molecule has 0 aliphatic heterocycles. The van der Waals surface area contributed by atoms with Gasteiger partial charge in [0.1, 0.15) is 0 Å². The molecule has 64 valence electrons. The van der Waals surface area contributed by atoms with E-state index in [1.54, 1.807) is 0 Å². The molecule has 0 radical (unpaired) electrons. The molecule has 0 aromatic heterocycles. The first kappa shape index (κ1) is 9.09. The van der Waals surface area contributed by atoms with Gasteiger partial charge in [0.15, 0.2) is 6.19 Å². The minimum absolute atomic E-state index is 0.364. The number of nitrogens with zero attached hydrogens (tertiary/aromatic N) is 3. The highest BCUT2D eigenvalue weighted by atomic mass is 15.1. The van der Waals surface area contributed by atoms with E-state index in [-0.39, 0.29) is 0 Å². The van der Waals surface area contributed by atoms with Gasteiger partial charge in [0.2, 0.25) is 0 Å². The molecule has 0 fully saturated rings. The summed E-state index contributed by atoms with van der Waals surface area (Å²) in [6.45, 7) is 0.455. The zero-order valence-corrected chi connectivity index (χ0v) is 7.14. The van der Waals surface area contributed by atoms with Crippen LogP contribution in [0.4, 0.5) is 5.69 Å². The molecule has 1 aromatic rings. The van der Waals surface area contributed by atoms with Crippen LogP contribution in [0, 0.1) is 22.8 Å². The number of hydrogen-bond donors (Lipinski definition) is 0. The summed E-state index contributed by atoms with van der Waals surface area (Å²) >= 11 is 0. The van der Waals surface area contributed by atoms with Gasteiger partial charge in [-0.2, -0.15) is 10.5 Å². The first-order valence-corrected chi connectivity index (χ1v) is 3.97. The number of nitriles is 2. The van der Waals surface area contributed by atoms with Gasteiger partial charge in [-0.25, -0.2) is 0 Å². The molecule has 0 bridgehead atoms. The summed E-state index contributed by atoms with van der Waals surface area (Å²) in [6, 6.07) is 11.3. The second-order valence-electron chi connectivity index (χ2n) is 2.50. The van der Waals surface area contributed by atoms with Gasteiger partial charge < -0.3 is 0 Å². The Morgan fingerprint density at radius 3 is 2.38 bits per heavy atom. The molecular formula is C10H9N3. The van der Waals surface area contributed by atoms with E-state index in [0.29, 0.717) is 13.0 Å².